The van der Waals surface area contributed by atoms with Crippen LogP contribution in [0.3, 0.4) is 0 Å². The standard InChI is InChI=1S/C45H29N7.C16H18/c1-28-26-41(50-35-20-8-2-14-29(35)30-15-3-9-21-36(30)50)47-44(46-28)45-48-42(51-37-22-10-4-16-31(37)32-17-5-11-23-38(32)51)27-43(49-45)52-39-24-12-6-18-33(39)34-19-7-13-25-40(34)52;1-12(2)14-9-6-7-11-16(14)15-10-5-4-8-13(15)3/h2-27H,1H3;4-12H,1-3H3. The molecule has 68 heavy (non-hydrogen) atoms. The van der Waals surface area contributed by atoms with Crippen LogP contribution in [-0.2, 0) is 0 Å². The highest BCUT2D eigenvalue weighted by Gasteiger charge is 2.22. The Morgan fingerprint density at radius 3 is 1.01 bits per heavy atom. The molecule has 5 heterocycles. The summed E-state index contributed by atoms with van der Waals surface area (Å²) in [5, 5.41) is 7.01. The molecule has 0 unspecified atom stereocenters. The van der Waals surface area contributed by atoms with E-state index in [0.717, 1.165) is 77.8 Å². The largest absolute Gasteiger partial charge is 0.294 e. The third-order valence-corrected chi connectivity index (χ3v) is 13.2. The molecule has 0 radical (unpaired) electrons. The molecule has 5 aromatic heterocycles. The molecule has 0 N–H and O–H groups in total. The third kappa shape index (κ3) is 6.82. The lowest BCUT2D eigenvalue weighted by Gasteiger charge is -2.14. The van der Waals surface area contributed by atoms with Gasteiger partial charge in [-0.3, -0.25) is 13.7 Å². The molecule has 0 saturated heterocycles. The molecule has 0 atom stereocenters. The normalized spacial score (nSPS) is 11.7. The van der Waals surface area contributed by atoms with Gasteiger partial charge in [-0.05, 0) is 78.4 Å². The van der Waals surface area contributed by atoms with Crippen molar-refractivity contribution in [3.8, 4) is 40.2 Å². The minimum atomic E-state index is 0.446. The second-order valence-electron chi connectivity index (χ2n) is 17.8. The van der Waals surface area contributed by atoms with E-state index in [-0.39, 0.29) is 0 Å². The number of benzene rings is 8. The van der Waals surface area contributed by atoms with Gasteiger partial charge in [0.1, 0.15) is 17.5 Å². The molecule has 0 aliphatic rings. The first-order chi connectivity index (χ1) is 33.4. The van der Waals surface area contributed by atoms with E-state index in [9.17, 15) is 0 Å². The van der Waals surface area contributed by atoms with E-state index in [4.69, 9.17) is 19.9 Å². The molecule has 0 aliphatic heterocycles. The Kier molecular flexibility index (Phi) is 9.98. The van der Waals surface area contributed by atoms with E-state index < -0.39 is 0 Å². The minimum absolute atomic E-state index is 0.446. The summed E-state index contributed by atoms with van der Waals surface area (Å²) in [6.45, 7) is 8.67. The molecular weight excluding hydrogens is 831 g/mol. The highest BCUT2D eigenvalue weighted by atomic mass is 15.2. The maximum Gasteiger partial charge on any atom is 0.201 e. The predicted molar refractivity (Wildman–Crippen MR) is 282 cm³/mol. The molecule has 0 bridgehead atoms. The zero-order valence-corrected chi connectivity index (χ0v) is 38.3. The van der Waals surface area contributed by atoms with Crippen molar-refractivity contribution in [3.05, 3.63) is 223 Å². The van der Waals surface area contributed by atoms with Crippen LogP contribution in [0.4, 0.5) is 0 Å². The van der Waals surface area contributed by atoms with Gasteiger partial charge in [0.25, 0.3) is 0 Å². The van der Waals surface area contributed by atoms with Crippen LogP contribution in [-0.4, -0.2) is 33.6 Å². The number of fused-ring (bicyclic) bond motifs is 9. The summed E-state index contributed by atoms with van der Waals surface area (Å²) in [6.07, 6.45) is 0. The molecule has 0 aliphatic carbocycles. The summed E-state index contributed by atoms with van der Waals surface area (Å²) in [5.74, 6) is 3.72. The Morgan fingerprint density at radius 2 is 0.632 bits per heavy atom. The quantitative estimate of drug-likeness (QED) is 0.167. The molecule has 13 rings (SSSR count). The molecular formula is C61H47N7. The zero-order valence-electron chi connectivity index (χ0n) is 38.3. The fraction of sp³-hybridized carbons (Fsp3) is 0.0820. The van der Waals surface area contributed by atoms with Gasteiger partial charge in [0, 0.05) is 50.1 Å². The lowest BCUT2D eigenvalue weighted by atomic mass is 9.91. The smallest absolute Gasteiger partial charge is 0.201 e. The SMILES string of the molecule is Cc1cc(-n2c3ccccc3c3ccccc32)nc(-c2nc(-n3c4ccccc4c4ccccc43)cc(-n3c4ccccc4c4ccccc43)n2)n1.Cc1ccccc1-c1ccccc1C(C)C. The summed E-state index contributed by atoms with van der Waals surface area (Å²) in [6, 6.07) is 72.3. The van der Waals surface area contributed by atoms with Crippen molar-refractivity contribution >= 4 is 65.4 Å². The number of hydrogen-bond acceptors (Lipinski definition) is 4. The second kappa shape index (κ2) is 16.6. The Hall–Kier alpha value is -8.68. The van der Waals surface area contributed by atoms with Crippen LogP contribution in [0.1, 0.15) is 36.6 Å². The number of aryl methyl sites for hydroxylation is 2. The van der Waals surface area contributed by atoms with Crippen molar-refractivity contribution in [2.45, 2.75) is 33.6 Å². The maximum atomic E-state index is 5.31. The molecule has 0 saturated carbocycles. The van der Waals surface area contributed by atoms with Crippen molar-refractivity contribution in [2.75, 3.05) is 0 Å². The van der Waals surface area contributed by atoms with Gasteiger partial charge in [0.15, 0.2) is 5.82 Å². The first-order valence-corrected chi connectivity index (χ1v) is 23.3. The lowest BCUT2D eigenvalue weighted by molar-refractivity contribution is 0.869. The fourth-order valence-electron chi connectivity index (χ4n) is 10.1. The van der Waals surface area contributed by atoms with Crippen molar-refractivity contribution < 1.29 is 0 Å². The summed E-state index contributed by atoms with van der Waals surface area (Å²) in [5.41, 5.74) is 12.8. The van der Waals surface area contributed by atoms with Gasteiger partial charge in [-0.25, -0.2) is 19.9 Å². The van der Waals surface area contributed by atoms with Crippen LogP contribution >= 0.6 is 0 Å². The van der Waals surface area contributed by atoms with E-state index in [2.05, 4.69) is 235 Å². The molecule has 8 aromatic carbocycles. The van der Waals surface area contributed by atoms with Crippen LogP contribution in [0.25, 0.3) is 106 Å². The van der Waals surface area contributed by atoms with Gasteiger partial charge >= 0.3 is 0 Å². The Bertz CT molecular complexity index is 3760. The summed E-state index contributed by atoms with van der Waals surface area (Å²) < 4.78 is 6.68. The average molecular weight is 878 g/mol. The fourth-order valence-corrected chi connectivity index (χ4v) is 10.1. The number of aromatic nitrogens is 7. The Morgan fingerprint density at radius 1 is 0.324 bits per heavy atom. The van der Waals surface area contributed by atoms with Gasteiger partial charge in [-0.1, -0.05) is 172 Å². The van der Waals surface area contributed by atoms with Crippen LogP contribution in [0, 0.1) is 13.8 Å². The number of nitrogens with zero attached hydrogens (tertiary/aromatic N) is 7. The van der Waals surface area contributed by atoms with Crippen molar-refractivity contribution in [2.24, 2.45) is 0 Å². The predicted octanol–water partition coefficient (Wildman–Crippen LogP) is 15.3. The van der Waals surface area contributed by atoms with E-state index in [1.165, 1.54) is 33.0 Å². The van der Waals surface area contributed by atoms with E-state index >= 15 is 0 Å². The van der Waals surface area contributed by atoms with Gasteiger partial charge in [-0.2, -0.15) is 0 Å². The minimum Gasteiger partial charge on any atom is -0.294 e. The van der Waals surface area contributed by atoms with Gasteiger partial charge < -0.3 is 0 Å². The zero-order chi connectivity index (χ0) is 45.9. The number of para-hydroxylation sites is 6. The summed E-state index contributed by atoms with van der Waals surface area (Å²) >= 11 is 0. The van der Waals surface area contributed by atoms with Gasteiger partial charge in [-0.15, -0.1) is 0 Å². The molecule has 13 aromatic rings. The van der Waals surface area contributed by atoms with Crippen molar-refractivity contribution in [3.63, 3.8) is 0 Å². The average Bonchev–Trinajstić information content (AvgIpc) is 4.02. The highest BCUT2D eigenvalue weighted by Crippen LogP contribution is 2.37. The molecule has 7 nitrogen and oxygen atoms in total. The van der Waals surface area contributed by atoms with Crippen LogP contribution in [0.15, 0.2) is 206 Å². The number of hydrogen-bond donors (Lipinski definition) is 0. The second-order valence-corrected chi connectivity index (χ2v) is 17.8. The Labute approximate surface area is 394 Å². The maximum absolute atomic E-state index is 5.31. The topological polar surface area (TPSA) is 66.3 Å². The third-order valence-electron chi connectivity index (χ3n) is 13.2. The van der Waals surface area contributed by atoms with Crippen LogP contribution in [0.5, 0.6) is 0 Å². The summed E-state index contributed by atoms with van der Waals surface area (Å²) in [4.78, 5) is 20.9. The Balaban J connectivity index is 0.000000255. The highest BCUT2D eigenvalue weighted by molar-refractivity contribution is 6.11. The van der Waals surface area contributed by atoms with Crippen molar-refractivity contribution in [1.29, 1.82) is 0 Å². The lowest BCUT2D eigenvalue weighted by Crippen LogP contribution is -2.09. The summed E-state index contributed by atoms with van der Waals surface area (Å²) in [7, 11) is 0. The van der Waals surface area contributed by atoms with Gasteiger partial charge in [0.05, 0.1) is 33.1 Å². The first-order valence-electron chi connectivity index (χ1n) is 23.3. The van der Waals surface area contributed by atoms with Crippen LogP contribution in [0.2, 0.25) is 0 Å². The van der Waals surface area contributed by atoms with Crippen molar-refractivity contribution in [1.82, 2.24) is 33.6 Å². The van der Waals surface area contributed by atoms with E-state index in [1.807, 2.05) is 13.0 Å². The van der Waals surface area contributed by atoms with E-state index in [0.29, 0.717) is 17.6 Å². The van der Waals surface area contributed by atoms with Crippen LogP contribution < -0.4 is 0 Å². The number of rotatable bonds is 6. The molecule has 7 heteroatoms. The molecule has 0 amide bonds. The molecule has 0 fully saturated rings. The molecule has 326 valence electrons. The monoisotopic (exact) mass is 877 g/mol. The molecule has 0 spiro atoms. The van der Waals surface area contributed by atoms with Gasteiger partial charge in [0.2, 0.25) is 5.82 Å². The van der Waals surface area contributed by atoms with E-state index in [1.54, 1.807) is 0 Å². The first kappa shape index (κ1) is 40.8.